The van der Waals surface area contributed by atoms with Gasteiger partial charge < -0.3 is 30.6 Å². The molecule has 2 amide bonds. The molecule has 0 spiro atoms. The zero-order valence-corrected chi connectivity index (χ0v) is 22.2. The maximum Gasteiger partial charge on any atom is 0.335 e. The number of amides is 2. The van der Waals surface area contributed by atoms with E-state index in [1.54, 1.807) is 11.2 Å². The summed E-state index contributed by atoms with van der Waals surface area (Å²) in [5.74, 6) is 0.528. The van der Waals surface area contributed by atoms with E-state index in [0.717, 1.165) is 56.9 Å². The summed E-state index contributed by atoms with van der Waals surface area (Å²) in [5.41, 5.74) is 4.41. The Balaban J connectivity index is 1.20. The Morgan fingerprint density at radius 1 is 1.03 bits per heavy atom. The SMILES string of the molecule is C[C@]12CC[C@H](NC(=O)N3CCC(N)C3)C[C@@]1(O)CC[C@@H]1[C@@H]2CC[C@]2(C)[C@@H](c3ccc(=O)oc3)CC[C@]12O. The predicted molar refractivity (Wildman–Crippen MR) is 139 cm³/mol. The molecule has 2 heterocycles. The number of likely N-dealkylation sites (tertiary alicyclic amines) is 1. The number of nitrogens with one attached hydrogen (secondary N) is 1. The van der Waals surface area contributed by atoms with Gasteiger partial charge in [-0.15, -0.1) is 0 Å². The highest BCUT2D eigenvalue weighted by molar-refractivity contribution is 5.75. The van der Waals surface area contributed by atoms with Crippen LogP contribution in [0.2, 0.25) is 0 Å². The maximum absolute atomic E-state index is 12.8. The predicted octanol–water partition coefficient (Wildman–Crippen LogP) is 3.11. The largest absolute Gasteiger partial charge is 0.431 e. The first-order chi connectivity index (χ1) is 17.5. The Kier molecular flexibility index (Phi) is 5.87. The molecule has 8 nitrogen and oxygen atoms in total. The highest BCUT2D eigenvalue weighted by Crippen LogP contribution is 2.71. The number of fused-ring (bicyclic) bond motifs is 5. The molecule has 1 saturated heterocycles. The minimum Gasteiger partial charge on any atom is -0.431 e. The minimum absolute atomic E-state index is 0.0421. The number of hydrogen-bond acceptors (Lipinski definition) is 6. The summed E-state index contributed by atoms with van der Waals surface area (Å²) in [4.78, 5) is 26.2. The third kappa shape index (κ3) is 3.65. The van der Waals surface area contributed by atoms with Crippen molar-refractivity contribution in [2.24, 2.45) is 28.4 Å². The molecular formula is C29H43N3O5. The maximum atomic E-state index is 12.8. The summed E-state index contributed by atoms with van der Waals surface area (Å²) in [6, 6.07) is 3.30. The zero-order chi connectivity index (χ0) is 26.2. The third-order valence-electron chi connectivity index (χ3n) is 12.0. The van der Waals surface area contributed by atoms with Crippen molar-refractivity contribution in [3.8, 4) is 0 Å². The van der Waals surface area contributed by atoms with E-state index in [2.05, 4.69) is 19.2 Å². The Morgan fingerprint density at radius 2 is 1.78 bits per heavy atom. The van der Waals surface area contributed by atoms with Crippen LogP contribution in [-0.4, -0.2) is 57.5 Å². The molecule has 0 radical (unpaired) electrons. The van der Waals surface area contributed by atoms with Crippen LogP contribution in [0.4, 0.5) is 4.79 Å². The summed E-state index contributed by atoms with van der Waals surface area (Å²) in [6.07, 6.45) is 9.58. The Hall–Kier alpha value is -1.90. The molecule has 0 aromatic carbocycles. The zero-order valence-electron chi connectivity index (χ0n) is 22.2. The van der Waals surface area contributed by atoms with Crippen molar-refractivity contribution in [3.05, 3.63) is 34.4 Å². The summed E-state index contributed by atoms with van der Waals surface area (Å²) >= 11 is 0. The molecule has 5 fully saturated rings. The van der Waals surface area contributed by atoms with E-state index in [0.29, 0.717) is 25.9 Å². The first kappa shape index (κ1) is 25.4. The van der Waals surface area contributed by atoms with Crippen LogP contribution in [0.15, 0.2) is 27.6 Å². The number of urea groups is 1. The summed E-state index contributed by atoms with van der Waals surface area (Å²) in [6.45, 7) is 5.76. The van der Waals surface area contributed by atoms with E-state index in [1.807, 2.05) is 6.07 Å². The quantitative estimate of drug-likeness (QED) is 0.481. The molecule has 37 heavy (non-hydrogen) atoms. The number of aliphatic hydroxyl groups is 2. The lowest BCUT2D eigenvalue weighted by molar-refractivity contribution is -0.247. The van der Waals surface area contributed by atoms with Crippen LogP contribution in [-0.2, 0) is 0 Å². The number of nitrogens with zero attached hydrogens (tertiary/aromatic N) is 1. The number of rotatable bonds is 2. The fourth-order valence-corrected chi connectivity index (χ4v) is 9.69. The van der Waals surface area contributed by atoms with Crippen molar-refractivity contribution in [2.45, 2.75) is 107 Å². The highest BCUT2D eigenvalue weighted by atomic mass is 16.4. The van der Waals surface area contributed by atoms with Crippen molar-refractivity contribution < 1.29 is 19.4 Å². The van der Waals surface area contributed by atoms with Crippen LogP contribution in [0.5, 0.6) is 0 Å². The van der Waals surface area contributed by atoms with Crippen LogP contribution in [0, 0.1) is 22.7 Å². The van der Waals surface area contributed by atoms with E-state index in [9.17, 15) is 19.8 Å². The fourth-order valence-electron chi connectivity index (χ4n) is 9.69. The van der Waals surface area contributed by atoms with Gasteiger partial charge in [-0.1, -0.05) is 13.8 Å². The number of hydrogen-bond donors (Lipinski definition) is 4. The Labute approximate surface area is 219 Å². The van der Waals surface area contributed by atoms with Crippen LogP contribution in [0.25, 0.3) is 0 Å². The van der Waals surface area contributed by atoms with Gasteiger partial charge in [0.25, 0.3) is 0 Å². The van der Waals surface area contributed by atoms with Crippen LogP contribution < -0.4 is 16.7 Å². The van der Waals surface area contributed by atoms with Gasteiger partial charge in [-0.3, -0.25) is 0 Å². The van der Waals surface area contributed by atoms with Crippen molar-refractivity contribution in [1.29, 1.82) is 0 Å². The summed E-state index contributed by atoms with van der Waals surface area (Å²) < 4.78 is 5.20. The molecule has 5 N–H and O–H groups in total. The molecule has 4 saturated carbocycles. The van der Waals surface area contributed by atoms with Crippen LogP contribution in [0.1, 0.15) is 89.5 Å². The van der Waals surface area contributed by atoms with E-state index in [4.69, 9.17) is 10.2 Å². The second-order valence-corrected chi connectivity index (χ2v) is 13.4. The number of carbonyl (C=O) groups excluding carboxylic acids is 1. The van der Waals surface area contributed by atoms with Crippen molar-refractivity contribution in [2.75, 3.05) is 13.1 Å². The second-order valence-electron chi connectivity index (χ2n) is 13.4. The molecule has 1 aromatic rings. The molecule has 0 bridgehead atoms. The minimum atomic E-state index is -0.850. The smallest absolute Gasteiger partial charge is 0.335 e. The van der Waals surface area contributed by atoms with E-state index in [1.165, 1.54) is 6.07 Å². The molecule has 6 rings (SSSR count). The van der Waals surface area contributed by atoms with Gasteiger partial charge in [0, 0.05) is 36.7 Å². The molecule has 204 valence electrons. The topological polar surface area (TPSA) is 129 Å². The van der Waals surface area contributed by atoms with Gasteiger partial charge in [0.05, 0.1) is 17.5 Å². The molecule has 1 unspecified atom stereocenters. The van der Waals surface area contributed by atoms with Gasteiger partial charge in [-0.2, -0.15) is 0 Å². The van der Waals surface area contributed by atoms with Crippen molar-refractivity contribution in [3.63, 3.8) is 0 Å². The highest BCUT2D eigenvalue weighted by Gasteiger charge is 2.70. The van der Waals surface area contributed by atoms with Gasteiger partial charge in [0.2, 0.25) is 0 Å². The van der Waals surface area contributed by atoms with Gasteiger partial charge in [0.1, 0.15) is 0 Å². The fraction of sp³-hybridized carbons (Fsp3) is 0.793. The lowest BCUT2D eigenvalue weighted by Gasteiger charge is -2.66. The standard InChI is InChI=1S/C29H43N3O5/c1-26-10-5-20(31-25(34)32-14-9-19(30)16-32)15-28(26,35)12-7-23-22(26)6-11-27(2)21(8-13-29(23,27)36)18-3-4-24(33)37-17-18/h3-4,17,19-23,35-36H,5-16,30H2,1-2H3,(H,31,34)/t19?,20-,21+,22-,23+,26+,27+,28-,29-/m0/s1. The average Bonchev–Trinajstić information content (AvgIpc) is 3.41. The molecular weight excluding hydrogens is 470 g/mol. The first-order valence-corrected chi connectivity index (χ1v) is 14.3. The first-order valence-electron chi connectivity index (χ1n) is 14.3. The normalized spacial score (nSPS) is 47.2. The van der Waals surface area contributed by atoms with Crippen molar-refractivity contribution in [1.82, 2.24) is 10.2 Å². The monoisotopic (exact) mass is 513 g/mol. The Morgan fingerprint density at radius 3 is 2.49 bits per heavy atom. The molecule has 4 aliphatic carbocycles. The summed E-state index contributed by atoms with van der Waals surface area (Å²) in [5, 5.41) is 27.7. The van der Waals surface area contributed by atoms with Gasteiger partial charge in [-0.25, -0.2) is 9.59 Å². The number of carbonyl (C=O) groups is 1. The van der Waals surface area contributed by atoms with E-state index in [-0.39, 0.29) is 52.3 Å². The summed E-state index contributed by atoms with van der Waals surface area (Å²) in [7, 11) is 0. The van der Waals surface area contributed by atoms with Crippen LogP contribution >= 0.6 is 0 Å². The second kappa shape index (κ2) is 8.55. The lowest BCUT2D eigenvalue weighted by atomic mass is 9.42. The molecule has 9 atom stereocenters. The van der Waals surface area contributed by atoms with Gasteiger partial charge in [-0.05, 0) is 99.0 Å². The van der Waals surface area contributed by atoms with Crippen LogP contribution in [0.3, 0.4) is 0 Å². The molecule has 1 aliphatic heterocycles. The van der Waals surface area contributed by atoms with Gasteiger partial charge in [0.15, 0.2) is 0 Å². The van der Waals surface area contributed by atoms with E-state index < -0.39 is 11.2 Å². The van der Waals surface area contributed by atoms with Crippen molar-refractivity contribution >= 4 is 6.03 Å². The number of nitrogens with two attached hydrogens (primary N) is 1. The average molecular weight is 514 g/mol. The third-order valence-corrected chi connectivity index (χ3v) is 12.0. The van der Waals surface area contributed by atoms with Gasteiger partial charge >= 0.3 is 11.7 Å². The Bertz CT molecular complexity index is 1100. The molecule has 1 aromatic heterocycles. The molecule has 5 aliphatic rings. The molecule has 8 heteroatoms. The lowest BCUT2D eigenvalue weighted by Crippen LogP contribution is -2.68. The van der Waals surface area contributed by atoms with E-state index >= 15 is 0 Å².